The predicted molar refractivity (Wildman–Crippen MR) is 128 cm³/mol. The minimum Gasteiger partial charge on any atom is -0.385 e. The molecule has 0 aliphatic carbocycles. The third-order valence-corrected chi connectivity index (χ3v) is 6.81. The molecular weight excluding hydrogens is 449 g/mol. The molecule has 2 N–H and O–H groups in total. The standard InChI is InChI=1S/C26H26FN5O3/c27-22-5-2-1-4-21(22)25(34)31-14-11-26(35,12-15-31)19-7-9-20(10-8-19)29-24(33)18-16-32(17-18)23-6-3-13-28-30-23/h1-10,13,18,35H,11-12,14-17H2,(H,29,33). The van der Waals surface area contributed by atoms with Crippen molar-refractivity contribution in [1.29, 1.82) is 0 Å². The van der Waals surface area contributed by atoms with Gasteiger partial charge in [-0.15, -0.1) is 5.10 Å². The fraction of sp³-hybridized carbons (Fsp3) is 0.308. The summed E-state index contributed by atoms with van der Waals surface area (Å²) in [5.74, 6) is -0.332. The molecule has 35 heavy (non-hydrogen) atoms. The molecule has 5 rings (SSSR count). The van der Waals surface area contributed by atoms with E-state index in [0.29, 0.717) is 44.7 Å². The maximum absolute atomic E-state index is 14.0. The molecule has 8 nitrogen and oxygen atoms in total. The summed E-state index contributed by atoms with van der Waals surface area (Å²) >= 11 is 0. The van der Waals surface area contributed by atoms with Crippen molar-refractivity contribution < 1.29 is 19.1 Å². The van der Waals surface area contributed by atoms with Gasteiger partial charge < -0.3 is 20.2 Å². The van der Waals surface area contributed by atoms with Crippen molar-refractivity contribution in [3.05, 3.63) is 83.8 Å². The summed E-state index contributed by atoms with van der Waals surface area (Å²) in [6.45, 7) is 1.83. The lowest BCUT2D eigenvalue weighted by molar-refractivity contribution is -0.120. The zero-order chi connectivity index (χ0) is 24.4. The summed E-state index contributed by atoms with van der Waals surface area (Å²) in [4.78, 5) is 28.8. The SMILES string of the molecule is O=C(Nc1ccc(C2(O)CCN(C(=O)c3ccccc3F)CC2)cc1)C1CN(c2cccnn2)C1. The number of aliphatic hydroxyl groups is 1. The van der Waals surface area contributed by atoms with E-state index in [1.54, 1.807) is 47.5 Å². The Hall–Kier alpha value is -3.85. The van der Waals surface area contributed by atoms with E-state index in [9.17, 15) is 19.1 Å². The summed E-state index contributed by atoms with van der Waals surface area (Å²) in [5.41, 5.74) is 0.350. The molecule has 0 atom stereocenters. The van der Waals surface area contributed by atoms with Crippen molar-refractivity contribution in [2.45, 2.75) is 18.4 Å². The lowest BCUT2D eigenvalue weighted by Crippen LogP contribution is -2.52. The largest absolute Gasteiger partial charge is 0.385 e. The smallest absolute Gasteiger partial charge is 0.256 e. The van der Waals surface area contributed by atoms with Crippen molar-refractivity contribution in [3.8, 4) is 0 Å². The number of nitrogens with one attached hydrogen (secondary N) is 1. The molecule has 0 spiro atoms. The van der Waals surface area contributed by atoms with E-state index in [4.69, 9.17) is 0 Å². The van der Waals surface area contributed by atoms with Crippen LogP contribution in [0.2, 0.25) is 0 Å². The summed E-state index contributed by atoms with van der Waals surface area (Å²) < 4.78 is 14.0. The number of halogens is 1. The number of rotatable bonds is 5. The second kappa shape index (κ2) is 9.42. The van der Waals surface area contributed by atoms with Crippen molar-refractivity contribution in [1.82, 2.24) is 15.1 Å². The Kier molecular flexibility index (Phi) is 6.17. The van der Waals surface area contributed by atoms with Crippen LogP contribution in [0.5, 0.6) is 0 Å². The van der Waals surface area contributed by atoms with Crippen molar-refractivity contribution in [2.24, 2.45) is 5.92 Å². The molecule has 1 aromatic heterocycles. The molecule has 2 aromatic carbocycles. The first kappa shape index (κ1) is 22.9. The van der Waals surface area contributed by atoms with E-state index in [-0.39, 0.29) is 23.3 Å². The summed E-state index contributed by atoms with van der Waals surface area (Å²) in [6, 6.07) is 16.8. The topological polar surface area (TPSA) is 98.7 Å². The fourth-order valence-corrected chi connectivity index (χ4v) is 4.58. The highest BCUT2D eigenvalue weighted by molar-refractivity contribution is 5.95. The van der Waals surface area contributed by atoms with Gasteiger partial charge in [0.1, 0.15) is 5.82 Å². The van der Waals surface area contributed by atoms with Crippen molar-refractivity contribution >= 4 is 23.3 Å². The van der Waals surface area contributed by atoms with Gasteiger partial charge in [-0.25, -0.2) is 4.39 Å². The van der Waals surface area contributed by atoms with E-state index in [0.717, 1.165) is 11.4 Å². The van der Waals surface area contributed by atoms with Crippen LogP contribution < -0.4 is 10.2 Å². The highest BCUT2D eigenvalue weighted by atomic mass is 19.1. The van der Waals surface area contributed by atoms with Crippen LogP contribution in [0.25, 0.3) is 0 Å². The predicted octanol–water partition coefficient (Wildman–Crippen LogP) is 2.81. The molecule has 2 saturated heterocycles. The maximum Gasteiger partial charge on any atom is 0.256 e. The number of benzene rings is 2. The van der Waals surface area contributed by atoms with Crippen LogP contribution in [-0.2, 0) is 10.4 Å². The van der Waals surface area contributed by atoms with Crippen LogP contribution in [0.1, 0.15) is 28.8 Å². The van der Waals surface area contributed by atoms with Gasteiger partial charge in [-0.2, -0.15) is 5.10 Å². The molecule has 2 amide bonds. The Morgan fingerprint density at radius 1 is 1.00 bits per heavy atom. The number of carbonyl (C=O) groups excluding carboxylic acids is 2. The second-order valence-corrected chi connectivity index (χ2v) is 9.05. The van der Waals surface area contributed by atoms with Crippen LogP contribution >= 0.6 is 0 Å². The molecule has 3 aromatic rings. The monoisotopic (exact) mass is 475 g/mol. The Labute approximate surface area is 202 Å². The van der Waals surface area contributed by atoms with Gasteiger partial charge >= 0.3 is 0 Å². The van der Waals surface area contributed by atoms with Crippen molar-refractivity contribution in [3.63, 3.8) is 0 Å². The van der Waals surface area contributed by atoms with Gasteiger partial charge in [0.05, 0.1) is 17.1 Å². The van der Waals surface area contributed by atoms with E-state index < -0.39 is 11.4 Å². The number of carbonyl (C=O) groups is 2. The van der Waals surface area contributed by atoms with E-state index >= 15 is 0 Å². The van der Waals surface area contributed by atoms with Gasteiger partial charge in [-0.3, -0.25) is 9.59 Å². The van der Waals surface area contributed by atoms with Crippen LogP contribution in [0.4, 0.5) is 15.9 Å². The first-order valence-corrected chi connectivity index (χ1v) is 11.6. The van der Waals surface area contributed by atoms with Gasteiger partial charge in [0.2, 0.25) is 5.91 Å². The molecule has 9 heteroatoms. The first-order valence-electron chi connectivity index (χ1n) is 11.6. The number of aromatic nitrogens is 2. The Morgan fingerprint density at radius 2 is 1.71 bits per heavy atom. The summed E-state index contributed by atoms with van der Waals surface area (Å²) in [6.07, 6.45) is 2.31. The Morgan fingerprint density at radius 3 is 2.37 bits per heavy atom. The average molecular weight is 476 g/mol. The fourth-order valence-electron chi connectivity index (χ4n) is 4.58. The Balaban J connectivity index is 1.15. The number of likely N-dealkylation sites (tertiary alicyclic amines) is 1. The summed E-state index contributed by atoms with van der Waals surface area (Å²) in [7, 11) is 0. The minimum absolute atomic E-state index is 0.0457. The number of anilines is 2. The highest BCUT2D eigenvalue weighted by Crippen LogP contribution is 2.34. The summed E-state index contributed by atoms with van der Waals surface area (Å²) in [5, 5.41) is 22.0. The molecule has 3 heterocycles. The number of amides is 2. The van der Waals surface area contributed by atoms with Crippen LogP contribution in [0.15, 0.2) is 66.9 Å². The van der Waals surface area contributed by atoms with E-state index in [1.165, 1.54) is 12.1 Å². The molecule has 0 bridgehead atoms. The third kappa shape index (κ3) is 4.72. The molecule has 0 saturated carbocycles. The Bertz CT molecular complexity index is 1210. The molecule has 0 unspecified atom stereocenters. The van der Waals surface area contributed by atoms with Gasteiger partial charge in [-0.05, 0) is 54.8 Å². The zero-order valence-corrected chi connectivity index (χ0v) is 19.1. The van der Waals surface area contributed by atoms with Gasteiger partial charge in [-0.1, -0.05) is 24.3 Å². The van der Waals surface area contributed by atoms with Gasteiger partial charge in [0.25, 0.3) is 5.91 Å². The molecule has 0 radical (unpaired) electrons. The maximum atomic E-state index is 14.0. The molecule has 2 aliphatic rings. The molecule has 180 valence electrons. The number of hydrogen-bond donors (Lipinski definition) is 2. The van der Waals surface area contributed by atoms with E-state index in [2.05, 4.69) is 15.5 Å². The van der Waals surface area contributed by atoms with Gasteiger partial charge in [0.15, 0.2) is 5.82 Å². The molecule has 2 aliphatic heterocycles. The number of piperidine rings is 1. The van der Waals surface area contributed by atoms with Crippen LogP contribution in [0, 0.1) is 11.7 Å². The quantitative estimate of drug-likeness (QED) is 0.589. The van der Waals surface area contributed by atoms with E-state index in [1.807, 2.05) is 17.0 Å². The zero-order valence-electron chi connectivity index (χ0n) is 19.1. The normalized spacial score (nSPS) is 17.5. The molecular formula is C26H26FN5O3. The van der Waals surface area contributed by atoms with Crippen LogP contribution in [-0.4, -0.2) is 58.2 Å². The molecule has 2 fully saturated rings. The minimum atomic E-state index is -1.08. The lowest BCUT2D eigenvalue weighted by Gasteiger charge is -2.39. The van der Waals surface area contributed by atoms with Gasteiger partial charge in [0, 0.05) is 38.1 Å². The van der Waals surface area contributed by atoms with Crippen LogP contribution in [0.3, 0.4) is 0 Å². The average Bonchev–Trinajstić information content (AvgIpc) is 2.84. The third-order valence-electron chi connectivity index (χ3n) is 6.81. The number of hydrogen-bond acceptors (Lipinski definition) is 6. The van der Waals surface area contributed by atoms with Crippen molar-refractivity contribution in [2.75, 3.05) is 36.4 Å². The lowest BCUT2D eigenvalue weighted by atomic mass is 9.84. The first-order chi connectivity index (χ1) is 16.9. The number of nitrogens with zero attached hydrogens (tertiary/aromatic N) is 4. The second-order valence-electron chi connectivity index (χ2n) is 9.05. The highest BCUT2D eigenvalue weighted by Gasteiger charge is 2.36.